The molecule has 0 N–H and O–H groups in total. The minimum Gasteiger partial charge on any atom is -0.497 e. The van der Waals surface area contributed by atoms with Crippen LogP contribution in [0.3, 0.4) is 0 Å². The van der Waals surface area contributed by atoms with Crippen molar-refractivity contribution in [3.8, 4) is 17.1 Å². The van der Waals surface area contributed by atoms with Crippen molar-refractivity contribution < 1.29 is 17.7 Å². The summed E-state index contributed by atoms with van der Waals surface area (Å²) in [6, 6.07) is 6.97. The second-order valence-corrected chi connectivity index (χ2v) is 9.19. The van der Waals surface area contributed by atoms with Crippen molar-refractivity contribution in [2.45, 2.75) is 39.2 Å². The first-order valence-corrected chi connectivity index (χ1v) is 11.8. The van der Waals surface area contributed by atoms with Gasteiger partial charge in [-0.3, -0.25) is 0 Å². The predicted octanol–water partition coefficient (Wildman–Crippen LogP) is 2.94. The molecule has 1 fully saturated rings. The lowest BCUT2D eigenvalue weighted by molar-refractivity contribution is 0.287. The van der Waals surface area contributed by atoms with E-state index in [2.05, 4.69) is 28.9 Å². The highest BCUT2D eigenvalue weighted by molar-refractivity contribution is 7.89. The van der Waals surface area contributed by atoms with Gasteiger partial charge in [0.1, 0.15) is 11.8 Å². The second-order valence-electron chi connectivity index (χ2n) is 7.15. The third kappa shape index (κ3) is 5.15. The van der Waals surface area contributed by atoms with Crippen LogP contribution in [-0.2, 0) is 10.0 Å². The Balaban J connectivity index is 1.69. The Hall–Kier alpha value is -1.97. The lowest BCUT2D eigenvalue weighted by atomic mass is 10.2. The molecule has 8 nitrogen and oxygen atoms in total. The number of aromatic nitrogens is 2. The minimum atomic E-state index is -3.37. The zero-order valence-corrected chi connectivity index (χ0v) is 18.2. The first-order chi connectivity index (χ1) is 14.0. The van der Waals surface area contributed by atoms with Crippen molar-refractivity contribution in [2.75, 3.05) is 39.0 Å². The molecule has 160 valence electrons. The van der Waals surface area contributed by atoms with Gasteiger partial charge in [-0.25, -0.2) is 8.42 Å². The summed E-state index contributed by atoms with van der Waals surface area (Å²) in [5, 5.41) is 4.06. The van der Waals surface area contributed by atoms with Crippen LogP contribution in [0.1, 0.15) is 45.0 Å². The number of ether oxygens (including phenoxy) is 1. The van der Waals surface area contributed by atoms with Gasteiger partial charge in [-0.1, -0.05) is 19.0 Å². The van der Waals surface area contributed by atoms with Gasteiger partial charge in [0, 0.05) is 12.1 Å². The SMILES string of the molecule is CCN(CC)CCCS(=O)(=O)N1CCC[C@@H]1c1nc(-c2ccc(OC)cc2)no1. The molecular weight excluding hydrogens is 392 g/mol. The first kappa shape index (κ1) is 21.7. The number of sulfonamides is 1. The highest BCUT2D eigenvalue weighted by Gasteiger charge is 2.38. The van der Waals surface area contributed by atoms with E-state index in [4.69, 9.17) is 9.26 Å². The van der Waals surface area contributed by atoms with Crippen LogP contribution in [0.2, 0.25) is 0 Å². The van der Waals surface area contributed by atoms with Gasteiger partial charge in [-0.2, -0.15) is 9.29 Å². The third-order valence-electron chi connectivity index (χ3n) is 5.41. The number of rotatable bonds is 10. The lowest BCUT2D eigenvalue weighted by Crippen LogP contribution is -2.34. The highest BCUT2D eigenvalue weighted by atomic mass is 32.2. The van der Waals surface area contributed by atoms with Crippen LogP contribution in [0.4, 0.5) is 0 Å². The van der Waals surface area contributed by atoms with Crippen LogP contribution in [0.15, 0.2) is 28.8 Å². The van der Waals surface area contributed by atoms with Crippen molar-refractivity contribution >= 4 is 10.0 Å². The van der Waals surface area contributed by atoms with Gasteiger partial charge in [0.05, 0.1) is 12.9 Å². The maximum Gasteiger partial charge on any atom is 0.245 e. The Morgan fingerprint density at radius 2 is 1.97 bits per heavy atom. The Labute approximate surface area is 172 Å². The summed E-state index contributed by atoms with van der Waals surface area (Å²) in [4.78, 5) is 6.72. The molecule has 0 bridgehead atoms. The predicted molar refractivity (Wildman–Crippen MR) is 111 cm³/mol. The molecule has 1 aromatic carbocycles. The second kappa shape index (κ2) is 9.69. The van der Waals surface area contributed by atoms with E-state index >= 15 is 0 Å². The normalized spacial score (nSPS) is 17.9. The van der Waals surface area contributed by atoms with E-state index < -0.39 is 10.0 Å². The molecule has 0 unspecified atom stereocenters. The first-order valence-electron chi connectivity index (χ1n) is 10.2. The molecule has 9 heteroatoms. The summed E-state index contributed by atoms with van der Waals surface area (Å²) in [6.07, 6.45) is 2.11. The van der Waals surface area contributed by atoms with Crippen LogP contribution in [-0.4, -0.2) is 66.8 Å². The Morgan fingerprint density at radius 1 is 1.24 bits per heavy atom. The average Bonchev–Trinajstić information content (AvgIpc) is 3.41. The lowest BCUT2D eigenvalue weighted by Gasteiger charge is -2.22. The van der Waals surface area contributed by atoms with Crippen molar-refractivity contribution in [3.63, 3.8) is 0 Å². The monoisotopic (exact) mass is 422 g/mol. The average molecular weight is 423 g/mol. The number of benzene rings is 1. The fourth-order valence-electron chi connectivity index (χ4n) is 3.68. The van der Waals surface area contributed by atoms with Gasteiger partial charge in [-0.15, -0.1) is 0 Å². The summed E-state index contributed by atoms with van der Waals surface area (Å²) in [6.45, 7) is 7.32. The van der Waals surface area contributed by atoms with Crippen LogP contribution >= 0.6 is 0 Å². The van der Waals surface area contributed by atoms with E-state index in [-0.39, 0.29) is 11.8 Å². The van der Waals surface area contributed by atoms with E-state index in [9.17, 15) is 8.42 Å². The van der Waals surface area contributed by atoms with E-state index in [0.717, 1.165) is 37.4 Å². The Kier molecular flexibility index (Phi) is 7.26. The molecule has 0 radical (unpaired) electrons. The molecule has 0 spiro atoms. The fraction of sp³-hybridized carbons (Fsp3) is 0.600. The largest absolute Gasteiger partial charge is 0.497 e. The molecule has 3 rings (SSSR count). The summed E-state index contributed by atoms with van der Waals surface area (Å²) in [7, 11) is -1.76. The molecular formula is C20H30N4O4S. The minimum absolute atomic E-state index is 0.138. The van der Waals surface area contributed by atoms with Gasteiger partial charge in [0.25, 0.3) is 0 Å². The molecule has 1 aliphatic heterocycles. The molecule has 1 aliphatic rings. The standard InChI is InChI=1S/C20H30N4O4S/c1-4-23(5-2)13-7-15-29(25,26)24-14-6-8-18(24)20-21-19(22-28-20)16-9-11-17(27-3)12-10-16/h9-12,18H,4-8,13-15H2,1-3H3/t18-/m1/s1. The quantitative estimate of drug-likeness (QED) is 0.581. The van der Waals surface area contributed by atoms with Crippen molar-refractivity contribution in [3.05, 3.63) is 30.2 Å². The molecule has 1 atom stereocenters. The van der Waals surface area contributed by atoms with Crippen LogP contribution < -0.4 is 4.74 Å². The highest BCUT2D eigenvalue weighted by Crippen LogP contribution is 2.34. The van der Waals surface area contributed by atoms with Gasteiger partial charge in [0.2, 0.25) is 21.7 Å². The summed E-state index contributed by atoms with van der Waals surface area (Å²) < 4.78 is 38.0. The van der Waals surface area contributed by atoms with E-state index in [0.29, 0.717) is 31.1 Å². The van der Waals surface area contributed by atoms with Crippen molar-refractivity contribution in [1.82, 2.24) is 19.3 Å². The van der Waals surface area contributed by atoms with E-state index in [1.807, 2.05) is 24.3 Å². The maximum atomic E-state index is 12.9. The van der Waals surface area contributed by atoms with Crippen molar-refractivity contribution in [1.29, 1.82) is 0 Å². The van der Waals surface area contributed by atoms with Gasteiger partial charge >= 0.3 is 0 Å². The topological polar surface area (TPSA) is 88.8 Å². The van der Waals surface area contributed by atoms with E-state index in [1.54, 1.807) is 11.4 Å². The summed E-state index contributed by atoms with van der Waals surface area (Å²) in [5.74, 6) is 1.70. The smallest absolute Gasteiger partial charge is 0.245 e. The molecule has 2 aromatic rings. The fourth-order valence-corrected chi connectivity index (χ4v) is 5.39. The maximum absolute atomic E-state index is 12.9. The van der Waals surface area contributed by atoms with Gasteiger partial charge in [-0.05, 0) is 63.2 Å². The molecule has 0 saturated carbocycles. The van der Waals surface area contributed by atoms with Crippen LogP contribution in [0.25, 0.3) is 11.4 Å². The zero-order valence-electron chi connectivity index (χ0n) is 17.4. The number of hydrogen-bond donors (Lipinski definition) is 0. The van der Waals surface area contributed by atoms with E-state index in [1.165, 1.54) is 0 Å². The molecule has 2 heterocycles. The molecule has 1 saturated heterocycles. The van der Waals surface area contributed by atoms with Crippen LogP contribution in [0, 0.1) is 0 Å². The van der Waals surface area contributed by atoms with Crippen molar-refractivity contribution in [2.24, 2.45) is 0 Å². The molecule has 29 heavy (non-hydrogen) atoms. The van der Waals surface area contributed by atoms with Crippen LogP contribution in [0.5, 0.6) is 5.75 Å². The van der Waals surface area contributed by atoms with Gasteiger partial charge in [0.15, 0.2) is 0 Å². The molecule has 1 aromatic heterocycles. The van der Waals surface area contributed by atoms with Gasteiger partial charge < -0.3 is 14.2 Å². The number of nitrogens with zero attached hydrogens (tertiary/aromatic N) is 4. The third-order valence-corrected chi connectivity index (χ3v) is 7.36. The Morgan fingerprint density at radius 3 is 2.62 bits per heavy atom. The Bertz CT molecular complexity index is 878. The zero-order chi connectivity index (χ0) is 20.9. The summed E-state index contributed by atoms with van der Waals surface area (Å²) >= 11 is 0. The summed E-state index contributed by atoms with van der Waals surface area (Å²) in [5.41, 5.74) is 0.799. The number of methoxy groups -OCH3 is 1. The molecule has 0 amide bonds. The molecule has 0 aliphatic carbocycles. The number of hydrogen-bond acceptors (Lipinski definition) is 7.